The molecule has 1 saturated heterocycles. The highest BCUT2D eigenvalue weighted by Crippen LogP contribution is 2.28. The lowest BCUT2D eigenvalue weighted by atomic mass is 9.88. The fourth-order valence-corrected chi connectivity index (χ4v) is 2.06. The number of benzene rings is 1. The lowest BCUT2D eigenvalue weighted by Crippen LogP contribution is -2.27. The number of hydrogen-bond donors (Lipinski definition) is 1. The van der Waals surface area contributed by atoms with Gasteiger partial charge >= 0.3 is 0 Å². The second-order valence-corrected chi connectivity index (χ2v) is 4.03. The maximum atomic E-state index is 13.0. The molecule has 90 valence electrons. The number of halogens is 2. The van der Waals surface area contributed by atoms with Gasteiger partial charge in [0.05, 0.1) is 0 Å². The molecule has 2 rings (SSSR count). The third kappa shape index (κ3) is 3.17. The summed E-state index contributed by atoms with van der Waals surface area (Å²) in [5.41, 5.74) is 7.01. The highest BCUT2D eigenvalue weighted by atomic mass is 35.5. The normalized spacial score (nSPS) is 18.9. The van der Waals surface area contributed by atoms with Crippen molar-refractivity contribution in [2.24, 2.45) is 11.7 Å². The van der Waals surface area contributed by atoms with E-state index in [-0.39, 0.29) is 24.3 Å². The Morgan fingerprint density at radius 1 is 1.31 bits per heavy atom. The molecule has 0 unspecified atom stereocenters. The second kappa shape index (κ2) is 6.18. The van der Waals surface area contributed by atoms with Crippen molar-refractivity contribution < 1.29 is 9.13 Å². The lowest BCUT2D eigenvalue weighted by molar-refractivity contribution is 0.0583. The van der Waals surface area contributed by atoms with Crippen LogP contribution in [0.15, 0.2) is 24.3 Å². The molecule has 0 saturated carbocycles. The molecule has 1 aliphatic rings. The predicted octanol–water partition coefficient (Wildman–Crippen LogP) is 2.67. The zero-order chi connectivity index (χ0) is 10.7. The minimum atomic E-state index is -0.213. The van der Waals surface area contributed by atoms with Crippen LogP contribution in [0.5, 0.6) is 0 Å². The lowest BCUT2D eigenvalue weighted by Gasteiger charge is -2.27. The van der Waals surface area contributed by atoms with Crippen LogP contribution in [0.2, 0.25) is 0 Å². The Hall–Kier alpha value is -0.640. The quantitative estimate of drug-likeness (QED) is 0.870. The highest BCUT2D eigenvalue weighted by Gasteiger charge is 2.22. The summed E-state index contributed by atoms with van der Waals surface area (Å²) in [5.74, 6) is 0.204. The van der Waals surface area contributed by atoms with Gasteiger partial charge in [-0.05, 0) is 36.5 Å². The monoisotopic (exact) mass is 245 g/mol. The molecule has 1 aromatic carbocycles. The largest absolute Gasteiger partial charge is 0.381 e. The van der Waals surface area contributed by atoms with Crippen LogP contribution in [0, 0.1) is 11.7 Å². The first-order valence-corrected chi connectivity index (χ1v) is 5.36. The molecule has 1 atom stereocenters. The maximum absolute atomic E-state index is 13.0. The smallest absolute Gasteiger partial charge is 0.123 e. The summed E-state index contributed by atoms with van der Waals surface area (Å²) in [7, 11) is 0. The van der Waals surface area contributed by atoms with E-state index >= 15 is 0 Å². The van der Waals surface area contributed by atoms with Crippen molar-refractivity contribution in [2.75, 3.05) is 13.2 Å². The summed E-state index contributed by atoms with van der Waals surface area (Å²) >= 11 is 0. The van der Waals surface area contributed by atoms with Crippen molar-refractivity contribution >= 4 is 12.4 Å². The van der Waals surface area contributed by atoms with E-state index in [0.29, 0.717) is 5.92 Å². The number of rotatable bonds is 2. The summed E-state index contributed by atoms with van der Waals surface area (Å²) in [4.78, 5) is 0. The Morgan fingerprint density at radius 3 is 2.62 bits per heavy atom. The minimum Gasteiger partial charge on any atom is -0.381 e. The van der Waals surface area contributed by atoms with Gasteiger partial charge in [-0.15, -0.1) is 12.4 Å². The molecule has 2 N–H and O–H groups in total. The van der Waals surface area contributed by atoms with Crippen LogP contribution in [0.4, 0.5) is 4.39 Å². The Morgan fingerprint density at radius 2 is 2.00 bits per heavy atom. The number of ether oxygens (including phenoxy) is 1. The summed E-state index contributed by atoms with van der Waals surface area (Å²) in [6.07, 6.45) is 1.94. The van der Waals surface area contributed by atoms with Gasteiger partial charge in [0.25, 0.3) is 0 Å². The van der Waals surface area contributed by atoms with Gasteiger partial charge in [-0.3, -0.25) is 0 Å². The van der Waals surface area contributed by atoms with Crippen LogP contribution in [0.25, 0.3) is 0 Å². The molecule has 1 fully saturated rings. The molecule has 0 amide bonds. The first-order valence-electron chi connectivity index (χ1n) is 5.36. The molecule has 4 heteroatoms. The van der Waals surface area contributed by atoms with Crippen LogP contribution in [-0.4, -0.2) is 13.2 Å². The Bertz CT molecular complexity index is 329. The fraction of sp³-hybridized carbons (Fsp3) is 0.500. The molecule has 0 aliphatic carbocycles. The van der Waals surface area contributed by atoms with Gasteiger partial charge in [-0.25, -0.2) is 4.39 Å². The van der Waals surface area contributed by atoms with E-state index in [4.69, 9.17) is 10.5 Å². The molecule has 0 spiro atoms. The van der Waals surface area contributed by atoms with Crippen LogP contribution in [0.1, 0.15) is 24.4 Å². The zero-order valence-corrected chi connectivity index (χ0v) is 9.88. The third-order valence-corrected chi connectivity index (χ3v) is 3.01. The summed E-state index contributed by atoms with van der Waals surface area (Å²) in [6.45, 7) is 1.54. The zero-order valence-electron chi connectivity index (χ0n) is 9.06. The molecule has 0 aromatic heterocycles. The molecule has 0 bridgehead atoms. The first kappa shape index (κ1) is 13.4. The van der Waals surface area contributed by atoms with E-state index < -0.39 is 0 Å². The topological polar surface area (TPSA) is 35.2 Å². The summed E-state index contributed by atoms with van der Waals surface area (Å²) in [5, 5.41) is 0. The first-order chi connectivity index (χ1) is 7.27. The molecular weight excluding hydrogens is 229 g/mol. The molecule has 1 aliphatic heterocycles. The van der Waals surface area contributed by atoms with Crippen LogP contribution < -0.4 is 5.73 Å². The molecule has 1 aromatic rings. The van der Waals surface area contributed by atoms with Gasteiger partial charge in [0.2, 0.25) is 0 Å². The fourth-order valence-electron chi connectivity index (χ4n) is 2.06. The van der Waals surface area contributed by atoms with Crippen molar-refractivity contribution in [3.63, 3.8) is 0 Å². The van der Waals surface area contributed by atoms with E-state index in [1.54, 1.807) is 6.07 Å². The maximum Gasteiger partial charge on any atom is 0.123 e. The van der Waals surface area contributed by atoms with Gasteiger partial charge in [-0.1, -0.05) is 12.1 Å². The molecule has 16 heavy (non-hydrogen) atoms. The van der Waals surface area contributed by atoms with E-state index in [2.05, 4.69) is 0 Å². The second-order valence-electron chi connectivity index (χ2n) is 4.03. The van der Waals surface area contributed by atoms with E-state index in [1.165, 1.54) is 12.1 Å². The average Bonchev–Trinajstić information content (AvgIpc) is 2.29. The van der Waals surface area contributed by atoms with Crippen molar-refractivity contribution in [3.8, 4) is 0 Å². The van der Waals surface area contributed by atoms with Gasteiger partial charge in [0.1, 0.15) is 5.82 Å². The standard InChI is InChI=1S/C12H16FNO.ClH/c13-11-3-1-2-10(8-11)12(14)9-4-6-15-7-5-9;/h1-3,8-9,12H,4-7,14H2;1H/t12-;/m0./s1. The Kier molecular flexibility index (Phi) is 5.19. The average molecular weight is 246 g/mol. The number of nitrogens with two attached hydrogens (primary N) is 1. The van der Waals surface area contributed by atoms with Crippen molar-refractivity contribution in [2.45, 2.75) is 18.9 Å². The van der Waals surface area contributed by atoms with Gasteiger partial charge in [-0.2, -0.15) is 0 Å². The molecule has 1 heterocycles. The Balaban J connectivity index is 0.00000128. The van der Waals surface area contributed by atoms with Crippen molar-refractivity contribution in [3.05, 3.63) is 35.6 Å². The van der Waals surface area contributed by atoms with E-state index in [9.17, 15) is 4.39 Å². The van der Waals surface area contributed by atoms with Crippen molar-refractivity contribution in [1.82, 2.24) is 0 Å². The van der Waals surface area contributed by atoms with Gasteiger partial charge in [0, 0.05) is 19.3 Å². The highest BCUT2D eigenvalue weighted by molar-refractivity contribution is 5.85. The summed E-state index contributed by atoms with van der Waals surface area (Å²) < 4.78 is 18.3. The molecule has 0 radical (unpaired) electrons. The third-order valence-electron chi connectivity index (χ3n) is 3.01. The van der Waals surface area contributed by atoms with E-state index in [0.717, 1.165) is 31.6 Å². The SMILES string of the molecule is Cl.N[C@H](c1cccc(F)c1)C1CCOCC1. The minimum absolute atomic E-state index is 0. The van der Waals surface area contributed by atoms with Crippen LogP contribution in [0.3, 0.4) is 0 Å². The molecule has 2 nitrogen and oxygen atoms in total. The molecular formula is C12H17ClFNO. The van der Waals surface area contributed by atoms with Crippen LogP contribution >= 0.6 is 12.4 Å². The van der Waals surface area contributed by atoms with Crippen molar-refractivity contribution in [1.29, 1.82) is 0 Å². The Labute approximate surface area is 101 Å². The van der Waals surface area contributed by atoms with Gasteiger partial charge in [0.15, 0.2) is 0 Å². The van der Waals surface area contributed by atoms with Crippen LogP contribution in [-0.2, 0) is 4.74 Å². The predicted molar refractivity (Wildman–Crippen MR) is 64.1 cm³/mol. The van der Waals surface area contributed by atoms with E-state index in [1.807, 2.05) is 6.07 Å². The van der Waals surface area contributed by atoms with Gasteiger partial charge < -0.3 is 10.5 Å². The number of hydrogen-bond acceptors (Lipinski definition) is 2. The summed E-state index contributed by atoms with van der Waals surface area (Å²) in [6, 6.07) is 6.51.